The van der Waals surface area contributed by atoms with E-state index in [9.17, 15) is 19.8 Å². The van der Waals surface area contributed by atoms with Gasteiger partial charge in [-0.2, -0.15) is 0 Å². The smallest absolute Gasteiger partial charge is 0.338 e. The van der Waals surface area contributed by atoms with Crippen LogP contribution in [0.2, 0.25) is 0 Å². The van der Waals surface area contributed by atoms with Gasteiger partial charge in [0.05, 0.1) is 12.2 Å². The molecule has 6 nitrogen and oxygen atoms in total. The molecule has 19 heavy (non-hydrogen) atoms. The normalized spacial score (nSPS) is 13.7. The van der Waals surface area contributed by atoms with E-state index >= 15 is 0 Å². The largest absolute Gasteiger partial charge is 0.478 e. The van der Waals surface area contributed by atoms with Gasteiger partial charge in [0.1, 0.15) is 6.10 Å². The molecule has 0 saturated carbocycles. The maximum Gasteiger partial charge on any atom is 0.338 e. The van der Waals surface area contributed by atoms with Crippen molar-refractivity contribution >= 4 is 27.9 Å². The first kappa shape index (κ1) is 15.6. The highest BCUT2D eigenvalue weighted by molar-refractivity contribution is 9.10. The molecule has 0 fully saturated rings. The number of benzene rings is 1. The fraction of sp³-hybridized carbons (Fsp3) is 0.333. The van der Waals surface area contributed by atoms with Crippen molar-refractivity contribution < 1.29 is 29.6 Å². The summed E-state index contributed by atoms with van der Waals surface area (Å²) < 4.78 is 4.91. The van der Waals surface area contributed by atoms with Crippen LogP contribution in [0.15, 0.2) is 22.7 Å². The van der Waals surface area contributed by atoms with Crippen LogP contribution in [-0.2, 0) is 9.53 Å². The Bertz CT molecular complexity index is 487. The van der Waals surface area contributed by atoms with E-state index in [1.165, 1.54) is 18.2 Å². The van der Waals surface area contributed by atoms with Gasteiger partial charge in [0.25, 0.3) is 0 Å². The van der Waals surface area contributed by atoms with Crippen molar-refractivity contribution in [1.29, 1.82) is 0 Å². The van der Waals surface area contributed by atoms with Crippen molar-refractivity contribution in [3.63, 3.8) is 0 Å². The predicted molar refractivity (Wildman–Crippen MR) is 68.7 cm³/mol. The van der Waals surface area contributed by atoms with E-state index in [4.69, 9.17) is 5.11 Å². The summed E-state index contributed by atoms with van der Waals surface area (Å²) in [5.74, 6) is -2.15. The van der Waals surface area contributed by atoms with Crippen LogP contribution < -0.4 is 0 Å². The summed E-state index contributed by atoms with van der Waals surface area (Å²) in [6.07, 6.45) is -3.31. The number of hydrogen-bond donors (Lipinski definition) is 3. The number of hydrogen-bond acceptors (Lipinski definition) is 5. The number of carboxylic acid groups (broad SMARTS) is 1. The van der Waals surface area contributed by atoms with Gasteiger partial charge >= 0.3 is 11.9 Å². The van der Waals surface area contributed by atoms with Crippen LogP contribution in [0, 0.1) is 0 Å². The van der Waals surface area contributed by atoms with E-state index < -0.39 is 24.1 Å². The highest BCUT2D eigenvalue weighted by atomic mass is 79.9. The van der Waals surface area contributed by atoms with Crippen LogP contribution >= 0.6 is 15.9 Å². The molecule has 0 amide bonds. The minimum absolute atomic E-state index is 0.0727. The summed E-state index contributed by atoms with van der Waals surface area (Å²) in [7, 11) is 0. The van der Waals surface area contributed by atoms with Gasteiger partial charge in [0.15, 0.2) is 6.10 Å². The van der Waals surface area contributed by atoms with Crippen LogP contribution in [-0.4, -0.2) is 40.0 Å². The highest BCUT2D eigenvalue weighted by Gasteiger charge is 2.27. The number of rotatable bonds is 5. The molecule has 0 aliphatic rings. The molecule has 0 heterocycles. The number of carbonyl (C=O) groups is 2. The molecule has 0 aliphatic carbocycles. The SMILES string of the molecule is CCOC(=O)C(O)C(O)c1ccc(Br)c(C(=O)O)c1. The summed E-state index contributed by atoms with van der Waals surface area (Å²) in [6.45, 7) is 1.64. The molecule has 0 saturated heterocycles. The molecule has 1 rings (SSSR count). The monoisotopic (exact) mass is 332 g/mol. The van der Waals surface area contributed by atoms with Crippen molar-refractivity contribution in [2.45, 2.75) is 19.1 Å². The average molecular weight is 333 g/mol. The Labute approximate surface area is 117 Å². The molecule has 0 aliphatic heterocycles. The highest BCUT2D eigenvalue weighted by Crippen LogP contribution is 2.24. The summed E-state index contributed by atoms with van der Waals surface area (Å²) in [6, 6.07) is 4.00. The first-order valence-electron chi connectivity index (χ1n) is 5.44. The molecule has 7 heteroatoms. The van der Waals surface area contributed by atoms with Crippen molar-refractivity contribution in [2.24, 2.45) is 0 Å². The number of aromatic carboxylic acids is 1. The Balaban J connectivity index is 3.00. The quantitative estimate of drug-likeness (QED) is 0.697. The number of carboxylic acids is 1. The maximum absolute atomic E-state index is 11.3. The Morgan fingerprint density at radius 2 is 2.00 bits per heavy atom. The average Bonchev–Trinajstić information content (AvgIpc) is 2.37. The Morgan fingerprint density at radius 3 is 2.53 bits per heavy atom. The molecule has 2 unspecified atom stereocenters. The molecule has 1 aromatic carbocycles. The third-order valence-electron chi connectivity index (χ3n) is 2.39. The Hall–Kier alpha value is -1.44. The summed E-state index contributed by atoms with van der Waals surface area (Å²) in [5, 5.41) is 28.3. The lowest BCUT2D eigenvalue weighted by atomic mass is 10.0. The Morgan fingerprint density at radius 1 is 1.37 bits per heavy atom. The van der Waals surface area contributed by atoms with Crippen molar-refractivity contribution in [3.8, 4) is 0 Å². The van der Waals surface area contributed by atoms with Crippen molar-refractivity contribution in [1.82, 2.24) is 0 Å². The second kappa shape index (κ2) is 6.65. The number of ether oxygens (including phenoxy) is 1. The van der Waals surface area contributed by atoms with Gasteiger partial charge < -0.3 is 20.1 Å². The summed E-state index contributed by atoms with van der Waals surface area (Å²) >= 11 is 3.05. The van der Waals surface area contributed by atoms with E-state index in [0.29, 0.717) is 4.47 Å². The lowest BCUT2D eigenvalue weighted by Crippen LogP contribution is -2.30. The molecule has 104 valence electrons. The number of carbonyl (C=O) groups excluding carboxylic acids is 1. The first-order chi connectivity index (χ1) is 8.88. The zero-order valence-corrected chi connectivity index (χ0v) is 11.6. The van der Waals surface area contributed by atoms with Gasteiger partial charge in [-0.3, -0.25) is 0 Å². The fourth-order valence-corrected chi connectivity index (χ4v) is 1.85. The van der Waals surface area contributed by atoms with Gasteiger partial charge in [0.2, 0.25) is 0 Å². The summed E-state index contributed by atoms with van der Waals surface area (Å²) in [4.78, 5) is 22.2. The van der Waals surface area contributed by atoms with Crippen molar-refractivity contribution in [3.05, 3.63) is 33.8 Å². The number of aliphatic hydroxyl groups excluding tert-OH is 2. The first-order valence-corrected chi connectivity index (χ1v) is 6.23. The molecule has 0 bridgehead atoms. The van der Waals surface area contributed by atoms with E-state index in [-0.39, 0.29) is 17.7 Å². The lowest BCUT2D eigenvalue weighted by molar-refractivity contribution is -0.159. The second-order valence-corrected chi connectivity index (χ2v) is 4.54. The van der Waals surface area contributed by atoms with E-state index in [2.05, 4.69) is 20.7 Å². The van der Waals surface area contributed by atoms with Gasteiger partial charge in [-0.05, 0) is 40.5 Å². The van der Waals surface area contributed by atoms with Gasteiger partial charge in [-0.1, -0.05) is 6.07 Å². The number of aliphatic hydroxyl groups is 2. The van der Waals surface area contributed by atoms with Crippen molar-refractivity contribution in [2.75, 3.05) is 6.61 Å². The van der Waals surface area contributed by atoms with E-state index in [1.54, 1.807) is 6.92 Å². The minimum Gasteiger partial charge on any atom is -0.478 e. The molecule has 0 spiro atoms. The van der Waals surface area contributed by atoms with E-state index in [1.807, 2.05) is 0 Å². The standard InChI is InChI=1S/C12H13BrO6/c1-2-19-12(18)10(15)9(14)6-3-4-8(13)7(5-6)11(16)17/h3-5,9-10,14-15H,2H2,1H3,(H,16,17). The molecule has 0 aromatic heterocycles. The topological polar surface area (TPSA) is 104 Å². The predicted octanol–water partition coefficient (Wildman–Crippen LogP) is 1.10. The number of esters is 1. The molecular formula is C12H13BrO6. The van der Waals surface area contributed by atoms with Crippen LogP contribution in [0.25, 0.3) is 0 Å². The third kappa shape index (κ3) is 3.76. The molecule has 0 radical (unpaired) electrons. The number of halogens is 1. The van der Waals surface area contributed by atoms with Crippen LogP contribution in [0.1, 0.15) is 28.9 Å². The molecule has 1 aromatic rings. The van der Waals surface area contributed by atoms with Gasteiger partial charge in [-0.15, -0.1) is 0 Å². The van der Waals surface area contributed by atoms with Gasteiger partial charge in [0, 0.05) is 4.47 Å². The molecular weight excluding hydrogens is 320 g/mol. The van der Waals surface area contributed by atoms with Crippen LogP contribution in [0.3, 0.4) is 0 Å². The zero-order chi connectivity index (χ0) is 14.6. The van der Waals surface area contributed by atoms with Crippen LogP contribution in [0.5, 0.6) is 0 Å². The summed E-state index contributed by atoms with van der Waals surface area (Å²) in [5.41, 5.74) is 0.0359. The lowest BCUT2D eigenvalue weighted by Gasteiger charge is -2.17. The molecule has 3 N–H and O–H groups in total. The third-order valence-corrected chi connectivity index (χ3v) is 3.08. The van der Waals surface area contributed by atoms with Gasteiger partial charge in [-0.25, -0.2) is 9.59 Å². The van der Waals surface area contributed by atoms with Crippen LogP contribution in [0.4, 0.5) is 0 Å². The molecule has 2 atom stereocenters. The Kier molecular flexibility index (Phi) is 5.46. The van der Waals surface area contributed by atoms with E-state index in [0.717, 1.165) is 0 Å². The fourth-order valence-electron chi connectivity index (χ4n) is 1.43. The minimum atomic E-state index is -1.76. The zero-order valence-electron chi connectivity index (χ0n) is 10.0. The maximum atomic E-state index is 11.3. The second-order valence-electron chi connectivity index (χ2n) is 3.69.